The zero-order valence-electron chi connectivity index (χ0n) is 14.5. The Balaban J connectivity index is 1.93. The lowest BCUT2D eigenvalue weighted by molar-refractivity contribution is 0.102. The molecule has 1 aliphatic heterocycles. The molecule has 1 aliphatic rings. The molecule has 144 valence electrons. The Morgan fingerprint density at radius 3 is 2.56 bits per heavy atom. The van der Waals surface area contributed by atoms with Crippen LogP contribution in [-0.2, 0) is 10.0 Å². The first-order chi connectivity index (χ1) is 12.8. The maximum absolute atomic E-state index is 12.7. The highest BCUT2D eigenvalue weighted by atomic mass is 79.9. The van der Waals surface area contributed by atoms with E-state index in [-0.39, 0.29) is 15.5 Å². The smallest absolute Gasteiger partial charge is 0.257 e. The summed E-state index contributed by atoms with van der Waals surface area (Å²) in [5.41, 5.74) is 0.528. The third kappa shape index (κ3) is 4.29. The largest absolute Gasteiger partial charge is 0.495 e. The number of hydrogen-bond acceptors (Lipinski definition) is 4. The number of carbonyl (C=O) groups excluding carboxylic acids is 1. The van der Waals surface area contributed by atoms with Gasteiger partial charge < -0.3 is 10.1 Å². The summed E-state index contributed by atoms with van der Waals surface area (Å²) in [6.45, 7) is 0.976. The molecule has 1 heterocycles. The molecular weight excluding hydrogens is 456 g/mol. The summed E-state index contributed by atoms with van der Waals surface area (Å²) in [6.07, 6.45) is 1.67. The normalized spacial score (nSPS) is 14.9. The SMILES string of the molecule is COc1ccc(Br)cc1NC(=O)c1cc(S(=O)(=O)N2CCCC2)ccc1Cl. The molecular formula is C18H18BrClN2O4S. The van der Waals surface area contributed by atoms with Crippen molar-refractivity contribution in [3.05, 3.63) is 51.5 Å². The highest BCUT2D eigenvalue weighted by Crippen LogP contribution is 2.30. The predicted octanol–water partition coefficient (Wildman–Crippen LogP) is 4.15. The standard InChI is InChI=1S/C18H18BrClN2O4S/c1-26-17-7-4-12(19)10-16(17)21-18(23)14-11-13(5-6-15(14)20)27(24,25)22-8-2-3-9-22/h4-7,10-11H,2-3,8-9H2,1H3,(H,21,23). The number of hydrogen-bond donors (Lipinski definition) is 1. The van der Waals surface area contributed by atoms with Crippen molar-refractivity contribution in [2.24, 2.45) is 0 Å². The van der Waals surface area contributed by atoms with Gasteiger partial charge in [-0.2, -0.15) is 4.31 Å². The highest BCUT2D eigenvalue weighted by molar-refractivity contribution is 9.10. The van der Waals surface area contributed by atoms with Crippen molar-refractivity contribution in [2.75, 3.05) is 25.5 Å². The van der Waals surface area contributed by atoms with Gasteiger partial charge in [0.05, 0.1) is 28.3 Å². The average molecular weight is 474 g/mol. The summed E-state index contributed by atoms with van der Waals surface area (Å²) >= 11 is 9.51. The Morgan fingerprint density at radius 1 is 1.19 bits per heavy atom. The van der Waals surface area contributed by atoms with Gasteiger partial charge in [-0.05, 0) is 49.2 Å². The first kappa shape index (κ1) is 20.1. The van der Waals surface area contributed by atoms with Crippen LogP contribution in [0.25, 0.3) is 0 Å². The second kappa shape index (κ2) is 8.18. The molecule has 9 heteroatoms. The number of ether oxygens (including phenoxy) is 1. The number of benzene rings is 2. The fourth-order valence-electron chi connectivity index (χ4n) is 2.88. The molecule has 0 unspecified atom stereocenters. The quantitative estimate of drug-likeness (QED) is 0.708. The molecule has 0 aliphatic carbocycles. The van der Waals surface area contributed by atoms with Crippen molar-refractivity contribution in [1.82, 2.24) is 4.31 Å². The number of nitrogens with zero attached hydrogens (tertiary/aromatic N) is 1. The molecule has 0 spiro atoms. The number of rotatable bonds is 5. The molecule has 0 atom stereocenters. The topological polar surface area (TPSA) is 75.7 Å². The average Bonchev–Trinajstić information content (AvgIpc) is 3.17. The molecule has 1 amide bonds. The van der Waals surface area contributed by atoms with Crippen molar-refractivity contribution in [1.29, 1.82) is 0 Å². The highest BCUT2D eigenvalue weighted by Gasteiger charge is 2.28. The first-order valence-electron chi connectivity index (χ1n) is 8.27. The van der Waals surface area contributed by atoms with Crippen LogP contribution in [0.1, 0.15) is 23.2 Å². The summed E-state index contributed by atoms with van der Waals surface area (Å²) in [5.74, 6) is -0.0432. The number of carbonyl (C=O) groups is 1. The molecule has 1 N–H and O–H groups in total. The van der Waals surface area contributed by atoms with Crippen LogP contribution in [0, 0.1) is 0 Å². The maximum Gasteiger partial charge on any atom is 0.257 e. The van der Waals surface area contributed by atoms with Gasteiger partial charge >= 0.3 is 0 Å². The molecule has 0 bridgehead atoms. The Bertz CT molecular complexity index is 975. The maximum atomic E-state index is 12.7. The second-order valence-electron chi connectivity index (χ2n) is 6.05. The van der Waals surface area contributed by atoms with E-state index in [1.165, 1.54) is 29.6 Å². The van der Waals surface area contributed by atoms with Crippen LogP contribution in [0.4, 0.5) is 5.69 Å². The molecule has 2 aromatic carbocycles. The van der Waals surface area contributed by atoms with E-state index in [0.717, 1.165) is 17.3 Å². The Morgan fingerprint density at radius 2 is 1.89 bits per heavy atom. The summed E-state index contributed by atoms with van der Waals surface area (Å²) in [6, 6.07) is 9.34. The lowest BCUT2D eigenvalue weighted by Gasteiger charge is -2.17. The van der Waals surface area contributed by atoms with Gasteiger partial charge in [0, 0.05) is 17.6 Å². The minimum atomic E-state index is -3.64. The van der Waals surface area contributed by atoms with Crippen molar-refractivity contribution < 1.29 is 17.9 Å². The first-order valence-corrected chi connectivity index (χ1v) is 10.9. The van der Waals surface area contributed by atoms with E-state index in [1.807, 2.05) is 0 Å². The van der Waals surface area contributed by atoms with Crippen molar-refractivity contribution in [2.45, 2.75) is 17.7 Å². The third-order valence-electron chi connectivity index (χ3n) is 4.29. The number of amides is 1. The molecule has 1 fully saturated rings. The lowest BCUT2D eigenvalue weighted by Crippen LogP contribution is -2.28. The Kier molecular flexibility index (Phi) is 6.10. The van der Waals surface area contributed by atoms with Gasteiger partial charge in [0.25, 0.3) is 5.91 Å². The van der Waals surface area contributed by atoms with E-state index >= 15 is 0 Å². The molecule has 0 saturated carbocycles. The van der Waals surface area contributed by atoms with Gasteiger partial charge in [0.2, 0.25) is 10.0 Å². The number of anilines is 1. The van der Waals surface area contributed by atoms with E-state index in [4.69, 9.17) is 16.3 Å². The molecule has 2 aromatic rings. The predicted molar refractivity (Wildman–Crippen MR) is 108 cm³/mol. The van der Waals surface area contributed by atoms with Crippen molar-refractivity contribution in [3.63, 3.8) is 0 Å². The van der Waals surface area contributed by atoms with Crippen LogP contribution in [0.5, 0.6) is 5.75 Å². The minimum Gasteiger partial charge on any atom is -0.495 e. The zero-order valence-corrected chi connectivity index (χ0v) is 17.7. The van der Waals surface area contributed by atoms with Gasteiger partial charge in [-0.3, -0.25) is 4.79 Å². The molecule has 6 nitrogen and oxygen atoms in total. The van der Waals surface area contributed by atoms with E-state index in [0.29, 0.717) is 24.5 Å². The molecule has 3 rings (SSSR count). The Hall–Kier alpha value is -1.61. The second-order valence-corrected chi connectivity index (χ2v) is 9.31. The van der Waals surface area contributed by atoms with Crippen LogP contribution in [0.3, 0.4) is 0 Å². The van der Waals surface area contributed by atoms with E-state index in [9.17, 15) is 13.2 Å². The number of methoxy groups -OCH3 is 1. The van der Waals surface area contributed by atoms with E-state index < -0.39 is 15.9 Å². The molecule has 1 saturated heterocycles. The minimum absolute atomic E-state index is 0.0557. The van der Waals surface area contributed by atoms with Gasteiger partial charge in [-0.15, -0.1) is 0 Å². The van der Waals surface area contributed by atoms with Crippen LogP contribution >= 0.6 is 27.5 Å². The molecule has 27 heavy (non-hydrogen) atoms. The van der Waals surface area contributed by atoms with Gasteiger partial charge in [0.1, 0.15) is 5.75 Å². The zero-order chi connectivity index (χ0) is 19.6. The summed E-state index contributed by atoms with van der Waals surface area (Å²) in [4.78, 5) is 12.8. The fourth-order valence-corrected chi connectivity index (χ4v) is 4.99. The van der Waals surface area contributed by atoms with Gasteiger partial charge in [-0.1, -0.05) is 27.5 Å². The number of sulfonamides is 1. The summed E-state index contributed by atoms with van der Waals surface area (Å²) in [5, 5.41) is 2.89. The van der Waals surface area contributed by atoms with E-state index in [1.54, 1.807) is 18.2 Å². The number of halogens is 2. The van der Waals surface area contributed by atoms with Crippen LogP contribution in [-0.4, -0.2) is 38.8 Å². The van der Waals surface area contributed by atoms with Crippen LogP contribution < -0.4 is 10.1 Å². The molecule has 0 radical (unpaired) electrons. The summed E-state index contributed by atoms with van der Waals surface area (Å²) in [7, 11) is -2.15. The Labute approximate surface area is 171 Å². The van der Waals surface area contributed by atoms with Crippen LogP contribution in [0.15, 0.2) is 45.8 Å². The fraction of sp³-hybridized carbons (Fsp3) is 0.278. The van der Waals surface area contributed by atoms with Gasteiger partial charge in [-0.25, -0.2) is 8.42 Å². The van der Waals surface area contributed by atoms with Gasteiger partial charge in [0.15, 0.2) is 0 Å². The van der Waals surface area contributed by atoms with Crippen molar-refractivity contribution in [3.8, 4) is 5.75 Å². The summed E-state index contributed by atoms with van der Waals surface area (Å²) < 4.78 is 32.9. The molecule has 0 aromatic heterocycles. The monoisotopic (exact) mass is 472 g/mol. The van der Waals surface area contributed by atoms with Crippen molar-refractivity contribution >= 4 is 49.1 Å². The number of nitrogens with one attached hydrogen (secondary N) is 1. The third-order valence-corrected chi connectivity index (χ3v) is 7.01. The van der Waals surface area contributed by atoms with E-state index in [2.05, 4.69) is 21.2 Å². The van der Waals surface area contributed by atoms with Crippen LogP contribution in [0.2, 0.25) is 5.02 Å². The lowest BCUT2D eigenvalue weighted by atomic mass is 10.2.